The maximum atomic E-state index is 13.0. The first-order valence-electron chi connectivity index (χ1n) is 3.85. The van der Waals surface area contributed by atoms with Crippen LogP contribution in [0.5, 0.6) is 5.75 Å². The molecule has 2 nitrogen and oxygen atoms in total. The average molecular weight is 249 g/mol. The molecule has 0 fully saturated rings. The molecule has 2 N–H and O–H groups in total. The summed E-state index contributed by atoms with van der Waals surface area (Å²) in [4.78, 5) is 0. The van der Waals surface area contributed by atoms with E-state index in [0.29, 0.717) is 10.0 Å². The van der Waals surface area contributed by atoms with Crippen LogP contribution in [0.3, 0.4) is 0 Å². The van der Waals surface area contributed by atoms with Gasteiger partial charge < -0.3 is 10.2 Å². The number of aliphatic hydroxyl groups is 1. The summed E-state index contributed by atoms with van der Waals surface area (Å²) in [5, 5.41) is 18.2. The largest absolute Gasteiger partial charge is 0.505 e. The standard InChI is InChI=1S/C9H10BrFO2/c1-5(4-12)7-2-6(10)3-8(11)9(7)13/h2-3,5,12-13H,4H2,1H3. The molecule has 0 aliphatic carbocycles. The number of aromatic hydroxyl groups is 1. The summed E-state index contributed by atoms with van der Waals surface area (Å²) in [6, 6.07) is 2.78. The lowest BCUT2D eigenvalue weighted by Crippen LogP contribution is -2.00. The zero-order valence-corrected chi connectivity index (χ0v) is 8.68. The van der Waals surface area contributed by atoms with Crippen molar-refractivity contribution in [2.75, 3.05) is 6.61 Å². The Bertz CT molecular complexity index is 315. The molecule has 1 rings (SSSR count). The average Bonchev–Trinajstić information content (AvgIpc) is 2.10. The molecular formula is C9H10BrFO2. The van der Waals surface area contributed by atoms with Gasteiger partial charge in [-0.2, -0.15) is 0 Å². The van der Waals surface area contributed by atoms with E-state index in [1.807, 2.05) is 0 Å². The first-order valence-corrected chi connectivity index (χ1v) is 4.64. The van der Waals surface area contributed by atoms with E-state index >= 15 is 0 Å². The monoisotopic (exact) mass is 248 g/mol. The zero-order chi connectivity index (χ0) is 10.0. The summed E-state index contributed by atoms with van der Waals surface area (Å²) in [6.07, 6.45) is 0. The highest BCUT2D eigenvalue weighted by molar-refractivity contribution is 9.10. The predicted molar refractivity (Wildman–Crippen MR) is 51.3 cm³/mol. The van der Waals surface area contributed by atoms with Gasteiger partial charge in [-0.05, 0) is 12.1 Å². The number of halogens is 2. The van der Waals surface area contributed by atoms with Crippen LogP contribution in [-0.4, -0.2) is 16.8 Å². The molecule has 0 saturated carbocycles. The van der Waals surface area contributed by atoms with Gasteiger partial charge in [0.2, 0.25) is 0 Å². The minimum atomic E-state index is -0.676. The van der Waals surface area contributed by atoms with Crippen LogP contribution in [0.25, 0.3) is 0 Å². The number of rotatable bonds is 2. The third-order valence-electron chi connectivity index (χ3n) is 1.86. The quantitative estimate of drug-likeness (QED) is 0.844. The Kier molecular flexibility index (Phi) is 3.27. The van der Waals surface area contributed by atoms with E-state index in [1.165, 1.54) is 6.07 Å². The Morgan fingerprint density at radius 2 is 2.15 bits per heavy atom. The Hall–Kier alpha value is -0.610. The molecule has 0 heterocycles. The van der Waals surface area contributed by atoms with E-state index in [2.05, 4.69) is 15.9 Å². The van der Waals surface area contributed by atoms with Gasteiger partial charge in [-0.15, -0.1) is 0 Å². The predicted octanol–water partition coefficient (Wildman–Crippen LogP) is 2.39. The number of phenols is 1. The number of benzene rings is 1. The molecule has 0 amide bonds. The van der Waals surface area contributed by atoms with Crippen molar-refractivity contribution in [3.05, 3.63) is 28.0 Å². The lowest BCUT2D eigenvalue weighted by molar-refractivity contribution is 0.269. The van der Waals surface area contributed by atoms with Crippen LogP contribution in [0.1, 0.15) is 18.4 Å². The summed E-state index contributed by atoms with van der Waals surface area (Å²) >= 11 is 3.11. The number of phenolic OH excluding ortho intramolecular Hbond substituents is 1. The number of hydrogen-bond acceptors (Lipinski definition) is 2. The minimum Gasteiger partial charge on any atom is -0.505 e. The van der Waals surface area contributed by atoms with Crippen molar-refractivity contribution in [3.63, 3.8) is 0 Å². The van der Waals surface area contributed by atoms with Crippen LogP contribution in [0.15, 0.2) is 16.6 Å². The first kappa shape index (κ1) is 10.5. The van der Waals surface area contributed by atoms with Gasteiger partial charge in [-0.3, -0.25) is 0 Å². The fraction of sp³-hybridized carbons (Fsp3) is 0.333. The van der Waals surface area contributed by atoms with E-state index in [9.17, 15) is 9.50 Å². The minimum absolute atomic E-state index is 0.122. The van der Waals surface area contributed by atoms with E-state index < -0.39 is 5.82 Å². The van der Waals surface area contributed by atoms with Crippen LogP contribution < -0.4 is 0 Å². The smallest absolute Gasteiger partial charge is 0.166 e. The molecule has 1 unspecified atom stereocenters. The number of hydrogen-bond donors (Lipinski definition) is 2. The Labute approximate surface area is 84.1 Å². The van der Waals surface area contributed by atoms with Gasteiger partial charge in [-0.25, -0.2) is 4.39 Å². The van der Waals surface area contributed by atoms with Crippen LogP contribution in [-0.2, 0) is 0 Å². The molecule has 4 heteroatoms. The third-order valence-corrected chi connectivity index (χ3v) is 2.32. The van der Waals surface area contributed by atoms with Crippen molar-refractivity contribution in [2.45, 2.75) is 12.8 Å². The summed E-state index contributed by atoms with van der Waals surface area (Å²) < 4.78 is 13.5. The molecule has 13 heavy (non-hydrogen) atoms. The van der Waals surface area contributed by atoms with Gasteiger partial charge in [0, 0.05) is 22.6 Å². The lowest BCUT2D eigenvalue weighted by atomic mass is 10.0. The van der Waals surface area contributed by atoms with Gasteiger partial charge in [0.15, 0.2) is 11.6 Å². The molecule has 1 aromatic carbocycles. The van der Waals surface area contributed by atoms with Gasteiger partial charge in [0.1, 0.15) is 0 Å². The molecule has 0 spiro atoms. The topological polar surface area (TPSA) is 40.5 Å². The van der Waals surface area contributed by atoms with Crippen LogP contribution in [0.2, 0.25) is 0 Å². The fourth-order valence-corrected chi connectivity index (χ4v) is 1.51. The fourth-order valence-electron chi connectivity index (χ4n) is 1.06. The first-order chi connectivity index (χ1) is 6.06. The molecule has 1 atom stereocenters. The molecule has 0 saturated heterocycles. The van der Waals surface area contributed by atoms with E-state index in [-0.39, 0.29) is 18.3 Å². The van der Waals surface area contributed by atoms with Crippen molar-refractivity contribution < 1.29 is 14.6 Å². The van der Waals surface area contributed by atoms with Crippen LogP contribution in [0, 0.1) is 5.82 Å². The third kappa shape index (κ3) is 2.19. The highest BCUT2D eigenvalue weighted by atomic mass is 79.9. The highest BCUT2D eigenvalue weighted by Gasteiger charge is 2.14. The maximum absolute atomic E-state index is 13.0. The maximum Gasteiger partial charge on any atom is 0.166 e. The van der Waals surface area contributed by atoms with Gasteiger partial charge in [-0.1, -0.05) is 22.9 Å². The van der Waals surface area contributed by atoms with E-state index in [4.69, 9.17) is 5.11 Å². The summed E-state index contributed by atoms with van der Waals surface area (Å²) in [5.41, 5.74) is 0.411. The van der Waals surface area contributed by atoms with Crippen LogP contribution in [0.4, 0.5) is 4.39 Å². The summed E-state index contributed by atoms with van der Waals surface area (Å²) in [5.74, 6) is -1.33. The van der Waals surface area contributed by atoms with Crippen molar-refractivity contribution in [2.24, 2.45) is 0 Å². The van der Waals surface area contributed by atoms with Crippen molar-refractivity contribution in [1.82, 2.24) is 0 Å². The second-order valence-corrected chi connectivity index (χ2v) is 3.82. The van der Waals surface area contributed by atoms with Gasteiger partial charge in [0.05, 0.1) is 0 Å². The van der Waals surface area contributed by atoms with E-state index in [0.717, 1.165) is 0 Å². The molecule has 0 aliphatic heterocycles. The Morgan fingerprint density at radius 1 is 1.54 bits per heavy atom. The SMILES string of the molecule is CC(CO)c1cc(Br)cc(F)c1O. The molecular weight excluding hydrogens is 239 g/mol. The second kappa shape index (κ2) is 4.07. The zero-order valence-electron chi connectivity index (χ0n) is 7.09. The summed E-state index contributed by atoms with van der Waals surface area (Å²) in [7, 11) is 0. The van der Waals surface area contributed by atoms with Crippen LogP contribution >= 0.6 is 15.9 Å². The molecule has 0 aromatic heterocycles. The molecule has 72 valence electrons. The molecule has 0 bridgehead atoms. The highest BCUT2D eigenvalue weighted by Crippen LogP contribution is 2.31. The van der Waals surface area contributed by atoms with Gasteiger partial charge >= 0.3 is 0 Å². The molecule has 0 radical (unpaired) electrons. The Morgan fingerprint density at radius 3 is 2.69 bits per heavy atom. The molecule has 1 aromatic rings. The molecule has 0 aliphatic rings. The lowest BCUT2D eigenvalue weighted by Gasteiger charge is -2.11. The van der Waals surface area contributed by atoms with Crippen molar-refractivity contribution in [1.29, 1.82) is 0 Å². The van der Waals surface area contributed by atoms with E-state index in [1.54, 1.807) is 13.0 Å². The Balaban J connectivity index is 3.20. The normalized spacial score (nSPS) is 12.9. The van der Waals surface area contributed by atoms with Crippen molar-refractivity contribution in [3.8, 4) is 5.75 Å². The van der Waals surface area contributed by atoms with Crippen molar-refractivity contribution >= 4 is 15.9 Å². The van der Waals surface area contributed by atoms with Gasteiger partial charge in [0.25, 0.3) is 0 Å². The second-order valence-electron chi connectivity index (χ2n) is 2.91. The number of aliphatic hydroxyl groups excluding tert-OH is 1. The summed E-state index contributed by atoms with van der Waals surface area (Å²) in [6.45, 7) is 1.59.